The van der Waals surface area contributed by atoms with Gasteiger partial charge in [0, 0.05) is 13.1 Å². The summed E-state index contributed by atoms with van der Waals surface area (Å²) >= 11 is 0. The van der Waals surface area contributed by atoms with E-state index in [1.807, 2.05) is 6.07 Å². The van der Waals surface area contributed by atoms with Gasteiger partial charge in [0.2, 0.25) is 5.91 Å². The molecule has 1 aromatic carbocycles. The van der Waals surface area contributed by atoms with Crippen molar-refractivity contribution in [1.29, 1.82) is 5.26 Å². The van der Waals surface area contributed by atoms with Crippen molar-refractivity contribution >= 4 is 5.91 Å². The van der Waals surface area contributed by atoms with Crippen LogP contribution in [-0.4, -0.2) is 35.6 Å². The third-order valence-corrected chi connectivity index (χ3v) is 2.51. The maximum Gasteiger partial charge on any atom is 0.227 e. The lowest BCUT2D eigenvalue weighted by Crippen LogP contribution is -2.34. The molecule has 0 atom stereocenters. The van der Waals surface area contributed by atoms with Gasteiger partial charge in [0.1, 0.15) is 0 Å². The normalized spacial score (nSPS) is 9.56. The van der Waals surface area contributed by atoms with Crippen molar-refractivity contribution in [2.75, 3.05) is 19.7 Å². The molecule has 1 amide bonds. The lowest BCUT2D eigenvalue weighted by molar-refractivity contribution is -0.130. The van der Waals surface area contributed by atoms with Crippen LogP contribution in [0.4, 0.5) is 0 Å². The molecule has 0 aliphatic heterocycles. The molecule has 0 aromatic heterocycles. The molecule has 0 saturated heterocycles. The standard InChI is InChI=1S/C14H16N2O2/c1-2-7-16(8-9-17)14(18)10-12-3-5-13(11-15)6-4-12/h2-6,17H,1,7-10H2. The molecule has 0 aliphatic rings. The first-order chi connectivity index (χ1) is 8.71. The minimum absolute atomic E-state index is 0.0614. The van der Waals surface area contributed by atoms with Crippen LogP contribution in [0.25, 0.3) is 0 Å². The Bertz CT molecular complexity index is 446. The zero-order valence-corrected chi connectivity index (χ0v) is 10.2. The van der Waals surface area contributed by atoms with Crippen LogP contribution >= 0.6 is 0 Å². The average molecular weight is 244 g/mol. The van der Waals surface area contributed by atoms with E-state index in [9.17, 15) is 4.79 Å². The number of rotatable bonds is 6. The zero-order valence-electron chi connectivity index (χ0n) is 10.2. The van der Waals surface area contributed by atoms with E-state index >= 15 is 0 Å². The molecule has 4 nitrogen and oxygen atoms in total. The van der Waals surface area contributed by atoms with Gasteiger partial charge < -0.3 is 10.0 Å². The smallest absolute Gasteiger partial charge is 0.227 e. The van der Waals surface area contributed by atoms with Crippen molar-refractivity contribution < 1.29 is 9.90 Å². The molecule has 0 heterocycles. The van der Waals surface area contributed by atoms with Gasteiger partial charge in [-0.25, -0.2) is 0 Å². The van der Waals surface area contributed by atoms with Gasteiger partial charge >= 0.3 is 0 Å². The van der Waals surface area contributed by atoms with Crippen molar-refractivity contribution in [3.63, 3.8) is 0 Å². The number of nitriles is 1. The van der Waals surface area contributed by atoms with Crippen molar-refractivity contribution in [2.45, 2.75) is 6.42 Å². The zero-order chi connectivity index (χ0) is 13.4. The Balaban J connectivity index is 2.66. The molecule has 0 radical (unpaired) electrons. The number of hydrogen-bond donors (Lipinski definition) is 1. The Labute approximate surface area is 107 Å². The molecule has 1 aromatic rings. The molecule has 0 bridgehead atoms. The molecule has 0 unspecified atom stereocenters. The second-order valence-electron chi connectivity index (χ2n) is 3.84. The first kappa shape index (κ1) is 13.9. The predicted octanol–water partition coefficient (Wildman–Crippen LogP) is 1.11. The summed E-state index contributed by atoms with van der Waals surface area (Å²) < 4.78 is 0. The fourth-order valence-electron chi connectivity index (χ4n) is 1.58. The monoisotopic (exact) mass is 244 g/mol. The minimum atomic E-state index is -0.0625. The van der Waals surface area contributed by atoms with Gasteiger partial charge in [0.05, 0.1) is 24.7 Å². The highest BCUT2D eigenvalue weighted by atomic mass is 16.3. The van der Waals surface area contributed by atoms with Gasteiger partial charge in [-0.15, -0.1) is 6.58 Å². The number of benzene rings is 1. The summed E-state index contributed by atoms with van der Waals surface area (Å²) in [6.07, 6.45) is 1.89. The SMILES string of the molecule is C=CCN(CCO)C(=O)Cc1ccc(C#N)cc1. The fraction of sp³-hybridized carbons (Fsp3) is 0.286. The highest BCUT2D eigenvalue weighted by Crippen LogP contribution is 2.06. The summed E-state index contributed by atoms with van der Waals surface area (Å²) in [6, 6.07) is 8.93. The number of nitrogens with zero attached hydrogens (tertiary/aromatic N) is 2. The Morgan fingerprint density at radius 1 is 1.44 bits per heavy atom. The molecule has 0 saturated carbocycles. The lowest BCUT2D eigenvalue weighted by Gasteiger charge is -2.19. The quantitative estimate of drug-likeness (QED) is 0.762. The van der Waals surface area contributed by atoms with E-state index in [0.29, 0.717) is 18.7 Å². The second-order valence-corrected chi connectivity index (χ2v) is 3.84. The summed E-state index contributed by atoms with van der Waals surface area (Å²) in [5.74, 6) is -0.0614. The van der Waals surface area contributed by atoms with Crippen LogP contribution < -0.4 is 0 Å². The fourth-order valence-corrected chi connectivity index (χ4v) is 1.58. The highest BCUT2D eigenvalue weighted by Gasteiger charge is 2.11. The third-order valence-electron chi connectivity index (χ3n) is 2.51. The first-order valence-electron chi connectivity index (χ1n) is 5.69. The van der Waals surface area contributed by atoms with Crippen molar-refractivity contribution in [3.05, 3.63) is 48.0 Å². The first-order valence-corrected chi connectivity index (χ1v) is 5.69. The van der Waals surface area contributed by atoms with Gasteiger partial charge in [-0.1, -0.05) is 18.2 Å². The van der Waals surface area contributed by atoms with Crippen LogP contribution in [-0.2, 0) is 11.2 Å². The van der Waals surface area contributed by atoms with Crippen LogP contribution in [0.2, 0.25) is 0 Å². The largest absolute Gasteiger partial charge is 0.395 e. The third kappa shape index (κ3) is 4.04. The molecule has 0 spiro atoms. The molecule has 0 fully saturated rings. The Morgan fingerprint density at radius 2 is 2.11 bits per heavy atom. The van der Waals surface area contributed by atoms with Gasteiger partial charge in [-0.3, -0.25) is 4.79 Å². The van der Waals surface area contributed by atoms with E-state index in [1.54, 1.807) is 35.2 Å². The van der Waals surface area contributed by atoms with Crippen molar-refractivity contribution in [2.24, 2.45) is 0 Å². The molecule has 18 heavy (non-hydrogen) atoms. The number of amides is 1. The topological polar surface area (TPSA) is 64.3 Å². The number of aliphatic hydroxyl groups excluding tert-OH is 1. The predicted molar refractivity (Wildman–Crippen MR) is 68.7 cm³/mol. The van der Waals surface area contributed by atoms with Crippen LogP contribution in [0, 0.1) is 11.3 Å². The second kappa shape index (κ2) is 7.25. The summed E-state index contributed by atoms with van der Waals surface area (Å²) in [5, 5.41) is 17.6. The van der Waals surface area contributed by atoms with Gasteiger partial charge in [0.25, 0.3) is 0 Å². The molecule has 1 N–H and O–H groups in total. The van der Waals surface area contributed by atoms with Crippen LogP contribution in [0.5, 0.6) is 0 Å². The van der Waals surface area contributed by atoms with Crippen LogP contribution in [0.3, 0.4) is 0 Å². The van der Waals surface area contributed by atoms with E-state index in [1.165, 1.54) is 0 Å². The summed E-state index contributed by atoms with van der Waals surface area (Å²) in [4.78, 5) is 13.5. The van der Waals surface area contributed by atoms with E-state index in [4.69, 9.17) is 10.4 Å². The maximum absolute atomic E-state index is 11.9. The number of carbonyl (C=O) groups excluding carboxylic acids is 1. The number of carbonyl (C=O) groups is 1. The van der Waals surface area contributed by atoms with Crippen LogP contribution in [0.15, 0.2) is 36.9 Å². The van der Waals surface area contributed by atoms with Crippen LogP contribution in [0.1, 0.15) is 11.1 Å². The minimum Gasteiger partial charge on any atom is -0.395 e. The van der Waals surface area contributed by atoms with E-state index in [2.05, 4.69) is 6.58 Å². The summed E-state index contributed by atoms with van der Waals surface area (Å²) in [5.41, 5.74) is 1.43. The maximum atomic E-state index is 11.9. The molecule has 4 heteroatoms. The summed E-state index contributed by atoms with van der Waals surface area (Å²) in [6.45, 7) is 4.25. The molecule has 94 valence electrons. The van der Waals surface area contributed by atoms with Crippen molar-refractivity contribution in [3.8, 4) is 6.07 Å². The Morgan fingerprint density at radius 3 is 2.61 bits per heavy atom. The Kier molecular flexibility index (Phi) is 5.62. The summed E-state index contributed by atoms with van der Waals surface area (Å²) in [7, 11) is 0. The van der Waals surface area contributed by atoms with E-state index < -0.39 is 0 Å². The van der Waals surface area contributed by atoms with Gasteiger partial charge in [-0.2, -0.15) is 5.26 Å². The Hall–Kier alpha value is -2.12. The van der Waals surface area contributed by atoms with Gasteiger partial charge in [-0.05, 0) is 17.7 Å². The molecular formula is C14H16N2O2. The highest BCUT2D eigenvalue weighted by molar-refractivity contribution is 5.79. The molecule has 1 rings (SSSR count). The number of aliphatic hydroxyl groups is 1. The van der Waals surface area contributed by atoms with E-state index in [-0.39, 0.29) is 18.9 Å². The molecule has 0 aliphatic carbocycles. The number of hydrogen-bond acceptors (Lipinski definition) is 3. The van der Waals surface area contributed by atoms with Gasteiger partial charge in [0.15, 0.2) is 0 Å². The molecular weight excluding hydrogens is 228 g/mol. The lowest BCUT2D eigenvalue weighted by atomic mass is 10.1. The van der Waals surface area contributed by atoms with Crippen molar-refractivity contribution in [1.82, 2.24) is 4.90 Å². The van der Waals surface area contributed by atoms with E-state index in [0.717, 1.165) is 5.56 Å². The average Bonchev–Trinajstić information content (AvgIpc) is 2.39.